The second-order valence-electron chi connectivity index (χ2n) is 6.14. The molecular weight excluding hydrogens is 296 g/mol. The van der Waals surface area contributed by atoms with Crippen LogP contribution in [0.15, 0.2) is 29.2 Å². The van der Waals surface area contributed by atoms with Crippen LogP contribution in [-0.2, 0) is 9.59 Å². The van der Waals surface area contributed by atoms with E-state index in [0.29, 0.717) is 0 Å². The van der Waals surface area contributed by atoms with Gasteiger partial charge in [0.2, 0.25) is 11.8 Å². The van der Waals surface area contributed by atoms with E-state index in [1.807, 2.05) is 63.8 Å². The predicted molar refractivity (Wildman–Crippen MR) is 91.2 cm³/mol. The van der Waals surface area contributed by atoms with Crippen molar-refractivity contribution in [3.8, 4) is 0 Å². The summed E-state index contributed by atoms with van der Waals surface area (Å²) < 4.78 is 0. The number of carbonyl (C=O) groups is 2. The topological polar surface area (TPSA) is 40.6 Å². The van der Waals surface area contributed by atoms with E-state index < -0.39 is 0 Å². The molecule has 0 N–H and O–H groups in total. The highest BCUT2D eigenvalue weighted by atomic mass is 32.2. The first-order chi connectivity index (χ1) is 10.3. The molecule has 2 rings (SSSR count). The lowest BCUT2D eigenvalue weighted by atomic mass is 10.2. The minimum absolute atomic E-state index is 0.00418. The Morgan fingerprint density at radius 1 is 1.23 bits per heavy atom. The Balaban J connectivity index is 2.28. The van der Waals surface area contributed by atoms with Crippen LogP contribution >= 0.6 is 11.8 Å². The maximum absolute atomic E-state index is 12.7. The SMILES string of the molecule is CC(C)N(C(=O)CN1C(=O)[C@@H](C)Sc2ccccc21)C(C)C. The highest BCUT2D eigenvalue weighted by molar-refractivity contribution is 8.00. The first-order valence-corrected chi connectivity index (χ1v) is 8.59. The minimum atomic E-state index is -0.158. The van der Waals surface area contributed by atoms with Gasteiger partial charge in [0, 0.05) is 17.0 Å². The van der Waals surface area contributed by atoms with Crippen molar-refractivity contribution >= 4 is 29.3 Å². The molecular formula is C17H24N2O2S. The number of nitrogens with zero attached hydrogens (tertiary/aromatic N) is 2. The summed E-state index contributed by atoms with van der Waals surface area (Å²) in [5.41, 5.74) is 0.844. The largest absolute Gasteiger partial charge is 0.336 e. The maximum Gasteiger partial charge on any atom is 0.243 e. The van der Waals surface area contributed by atoms with Gasteiger partial charge in [0.05, 0.1) is 10.9 Å². The number of amides is 2. The lowest BCUT2D eigenvalue weighted by Crippen LogP contribution is -2.50. The van der Waals surface area contributed by atoms with Crippen molar-refractivity contribution < 1.29 is 9.59 Å². The van der Waals surface area contributed by atoms with E-state index in [2.05, 4.69) is 0 Å². The number of rotatable bonds is 4. The molecule has 4 nitrogen and oxygen atoms in total. The molecule has 0 aliphatic carbocycles. The van der Waals surface area contributed by atoms with Crippen molar-refractivity contribution in [2.24, 2.45) is 0 Å². The number of benzene rings is 1. The maximum atomic E-state index is 12.7. The molecule has 1 aromatic carbocycles. The average Bonchev–Trinajstić information content (AvgIpc) is 2.43. The van der Waals surface area contributed by atoms with Gasteiger partial charge in [-0.3, -0.25) is 9.59 Å². The van der Waals surface area contributed by atoms with E-state index in [-0.39, 0.29) is 35.7 Å². The molecule has 1 atom stereocenters. The van der Waals surface area contributed by atoms with Crippen molar-refractivity contribution in [1.29, 1.82) is 0 Å². The lowest BCUT2D eigenvalue weighted by Gasteiger charge is -2.36. The fraction of sp³-hybridized carbons (Fsp3) is 0.529. The van der Waals surface area contributed by atoms with E-state index in [0.717, 1.165) is 10.6 Å². The van der Waals surface area contributed by atoms with Crippen molar-refractivity contribution in [3.05, 3.63) is 24.3 Å². The van der Waals surface area contributed by atoms with Crippen LogP contribution in [0.4, 0.5) is 5.69 Å². The quantitative estimate of drug-likeness (QED) is 0.855. The zero-order chi connectivity index (χ0) is 16.4. The molecule has 5 heteroatoms. The molecule has 1 aromatic rings. The van der Waals surface area contributed by atoms with Gasteiger partial charge in [0.15, 0.2) is 0 Å². The highest BCUT2D eigenvalue weighted by Gasteiger charge is 2.33. The Hall–Kier alpha value is -1.49. The smallest absolute Gasteiger partial charge is 0.243 e. The van der Waals surface area contributed by atoms with Gasteiger partial charge in [-0.1, -0.05) is 12.1 Å². The second kappa shape index (κ2) is 6.73. The van der Waals surface area contributed by atoms with Gasteiger partial charge < -0.3 is 9.80 Å². The molecule has 1 aliphatic heterocycles. The monoisotopic (exact) mass is 320 g/mol. The fourth-order valence-electron chi connectivity index (χ4n) is 2.91. The van der Waals surface area contributed by atoms with Crippen molar-refractivity contribution in [3.63, 3.8) is 0 Å². The lowest BCUT2D eigenvalue weighted by molar-refractivity contribution is -0.134. The summed E-state index contributed by atoms with van der Waals surface area (Å²) in [5.74, 6) is -0.00300. The van der Waals surface area contributed by atoms with Gasteiger partial charge in [-0.2, -0.15) is 0 Å². The molecule has 0 unspecified atom stereocenters. The van der Waals surface area contributed by atoms with Crippen LogP contribution in [0.1, 0.15) is 34.6 Å². The van der Waals surface area contributed by atoms with E-state index in [4.69, 9.17) is 0 Å². The van der Waals surface area contributed by atoms with Crippen molar-refractivity contribution in [2.75, 3.05) is 11.4 Å². The third-order valence-electron chi connectivity index (χ3n) is 3.77. The number of hydrogen-bond acceptors (Lipinski definition) is 3. The Morgan fingerprint density at radius 3 is 2.41 bits per heavy atom. The Bertz CT molecular complexity index is 564. The Labute approximate surface area is 136 Å². The molecule has 2 amide bonds. The molecule has 22 heavy (non-hydrogen) atoms. The van der Waals surface area contributed by atoms with Gasteiger partial charge in [-0.05, 0) is 46.8 Å². The summed E-state index contributed by atoms with van der Waals surface area (Å²) in [7, 11) is 0. The molecule has 0 spiro atoms. The molecule has 0 bridgehead atoms. The van der Waals surface area contributed by atoms with E-state index >= 15 is 0 Å². The van der Waals surface area contributed by atoms with Gasteiger partial charge in [0.25, 0.3) is 0 Å². The summed E-state index contributed by atoms with van der Waals surface area (Å²) in [6, 6.07) is 8.02. The molecule has 1 aliphatic rings. The van der Waals surface area contributed by atoms with Crippen LogP contribution in [-0.4, -0.2) is 40.6 Å². The summed E-state index contributed by atoms with van der Waals surface area (Å²) in [5, 5.41) is -0.158. The number of carbonyl (C=O) groups excluding carboxylic acids is 2. The van der Waals surface area contributed by atoms with Crippen molar-refractivity contribution in [2.45, 2.75) is 56.8 Å². The average molecular weight is 320 g/mol. The standard InChI is InChI=1S/C17H24N2O2S/c1-11(2)19(12(3)4)16(20)10-18-14-8-6-7-9-15(14)22-13(5)17(18)21/h6-9,11-13H,10H2,1-5H3/t13-/m1/s1. The first kappa shape index (κ1) is 16.9. The number of thioether (sulfide) groups is 1. The summed E-state index contributed by atoms with van der Waals surface area (Å²) >= 11 is 1.56. The predicted octanol–water partition coefficient (Wildman–Crippen LogP) is 3.16. The van der Waals surface area contributed by atoms with Crippen LogP contribution in [0.5, 0.6) is 0 Å². The summed E-state index contributed by atoms with van der Waals surface area (Å²) in [4.78, 5) is 29.7. The number of anilines is 1. The molecule has 120 valence electrons. The Morgan fingerprint density at radius 2 is 1.82 bits per heavy atom. The second-order valence-corrected chi connectivity index (χ2v) is 7.52. The molecule has 0 saturated carbocycles. The van der Waals surface area contributed by atoms with Crippen LogP contribution < -0.4 is 4.90 Å². The first-order valence-electron chi connectivity index (χ1n) is 7.71. The molecule has 1 heterocycles. The fourth-order valence-corrected chi connectivity index (χ4v) is 3.98. The zero-order valence-corrected chi connectivity index (χ0v) is 14.7. The molecule has 0 aromatic heterocycles. The number of para-hydroxylation sites is 1. The van der Waals surface area contributed by atoms with Crippen LogP contribution in [0.2, 0.25) is 0 Å². The van der Waals surface area contributed by atoms with Gasteiger partial charge in [0.1, 0.15) is 6.54 Å². The Kier molecular flexibility index (Phi) is 5.16. The van der Waals surface area contributed by atoms with Gasteiger partial charge >= 0.3 is 0 Å². The minimum Gasteiger partial charge on any atom is -0.336 e. The van der Waals surface area contributed by atoms with Crippen LogP contribution in [0.25, 0.3) is 0 Å². The van der Waals surface area contributed by atoms with Crippen molar-refractivity contribution in [1.82, 2.24) is 4.90 Å². The van der Waals surface area contributed by atoms with E-state index in [9.17, 15) is 9.59 Å². The van der Waals surface area contributed by atoms with E-state index in [1.54, 1.807) is 16.7 Å². The van der Waals surface area contributed by atoms with Gasteiger partial charge in [-0.15, -0.1) is 11.8 Å². The zero-order valence-electron chi connectivity index (χ0n) is 13.9. The third kappa shape index (κ3) is 3.29. The van der Waals surface area contributed by atoms with E-state index in [1.165, 1.54) is 0 Å². The van der Waals surface area contributed by atoms with Gasteiger partial charge in [-0.25, -0.2) is 0 Å². The third-order valence-corrected chi connectivity index (χ3v) is 4.92. The highest BCUT2D eigenvalue weighted by Crippen LogP contribution is 2.38. The molecule has 0 radical (unpaired) electrons. The molecule has 0 fully saturated rings. The summed E-state index contributed by atoms with van der Waals surface area (Å²) in [6.45, 7) is 10.0. The molecule has 0 saturated heterocycles. The van der Waals surface area contributed by atoms with Crippen LogP contribution in [0.3, 0.4) is 0 Å². The normalized spacial score (nSPS) is 17.9. The number of hydrogen-bond donors (Lipinski definition) is 0. The number of fused-ring (bicyclic) bond motifs is 1. The van der Waals surface area contributed by atoms with Crippen LogP contribution in [0, 0.1) is 0 Å². The summed E-state index contributed by atoms with van der Waals surface area (Å²) in [6.07, 6.45) is 0.